The highest BCUT2D eigenvalue weighted by atomic mass is 19.3. The molecule has 2 N–H and O–H groups in total. The van der Waals surface area contributed by atoms with Gasteiger partial charge in [0.25, 0.3) is 0 Å². The van der Waals surface area contributed by atoms with Crippen molar-refractivity contribution >= 4 is 11.4 Å². The Labute approximate surface area is 119 Å². The molecule has 1 atom stereocenters. The van der Waals surface area contributed by atoms with Crippen molar-refractivity contribution in [1.29, 1.82) is 0 Å². The fraction of sp³-hybridized carbons (Fsp3) is 0.538. The molecule has 0 amide bonds. The van der Waals surface area contributed by atoms with Gasteiger partial charge in [0.15, 0.2) is 0 Å². The predicted molar refractivity (Wildman–Crippen MR) is 71.6 cm³/mol. The van der Waals surface area contributed by atoms with Crippen LogP contribution in [0.3, 0.4) is 0 Å². The molecule has 0 spiro atoms. The molecule has 0 heterocycles. The second-order valence-electron chi connectivity index (χ2n) is 5.29. The number of nitro benzene ring substituents is 1. The summed E-state index contributed by atoms with van der Waals surface area (Å²) in [4.78, 5) is 10.0. The topological polar surface area (TPSA) is 84.6 Å². The molecule has 8 heteroatoms. The molecule has 1 saturated carbocycles. The molecule has 1 aromatic carbocycles. The Kier molecular flexibility index (Phi) is 4.26. The number of hydrogen-bond acceptors (Lipinski definition) is 5. The van der Waals surface area contributed by atoms with Crippen LogP contribution in [0.15, 0.2) is 18.2 Å². The Balaban J connectivity index is 2.26. The van der Waals surface area contributed by atoms with E-state index in [1.165, 1.54) is 6.07 Å². The lowest BCUT2D eigenvalue weighted by Gasteiger charge is -2.30. The van der Waals surface area contributed by atoms with Crippen LogP contribution in [0.1, 0.15) is 19.8 Å². The van der Waals surface area contributed by atoms with Gasteiger partial charge in [-0.1, -0.05) is 0 Å². The SMILES string of the molecule is CC(CO)(Nc1ccc([N+](=O)[O-])c(OC(F)F)c1)C1CC1. The number of nitro groups is 1. The molecule has 1 fully saturated rings. The lowest BCUT2D eigenvalue weighted by molar-refractivity contribution is -0.386. The van der Waals surface area contributed by atoms with Crippen LogP contribution in [-0.2, 0) is 0 Å². The number of nitrogens with one attached hydrogen (secondary N) is 1. The molecule has 6 nitrogen and oxygen atoms in total. The summed E-state index contributed by atoms with van der Waals surface area (Å²) in [6, 6.07) is 3.66. The van der Waals surface area contributed by atoms with Gasteiger partial charge in [-0.15, -0.1) is 0 Å². The van der Waals surface area contributed by atoms with E-state index in [0.717, 1.165) is 25.0 Å². The zero-order valence-electron chi connectivity index (χ0n) is 11.4. The molecule has 116 valence electrons. The van der Waals surface area contributed by atoms with Crippen molar-refractivity contribution in [3.8, 4) is 5.75 Å². The molecule has 1 aromatic rings. The summed E-state index contributed by atoms with van der Waals surface area (Å²) < 4.78 is 28.9. The minimum absolute atomic E-state index is 0.125. The Morgan fingerprint density at radius 2 is 2.24 bits per heavy atom. The Morgan fingerprint density at radius 1 is 1.57 bits per heavy atom. The van der Waals surface area contributed by atoms with Gasteiger partial charge in [-0.25, -0.2) is 0 Å². The van der Waals surface area contributed by atoms with E-state index in [0.29, 0.717) is 5.69 Å². The number of rotatable bonds is 7. The van der Waals surface area contributed by atoms with Gasteiger partial charge in [-0.05, 0) is 31.7 Å². The van der Waals surface area contributed by atoms with Crippen molar-refractivity contribution in [1.82, 2.24) is 0 Å². The number of aliphatic hydroxyl groups excluding tert-OH is 1. The van der Waals surface area contributed by atoms with Crippen LogP contribution in [0.5, 0.6) is 5.75 Å². The molecule has 0 aromatic heterocycles. The van der Waals surface area contributed by atoms with Gasteiger partial charge in [-0.3, -0.25) is 10.1 Å². The molecule has 1 unspecified atom stereocenters. The first-order valence-corrected chi connectivity index (χ1v) is 6.48. The van der Waals surface area contributed by atoms with E-state index in [2.05, 4.69) is 10.1 Å². The van der Waals surface area contributed by atoms with Gasteiger partial charge < -0.3 is 15.2 Å². The molecule has 0 radical (unpaired) electrons. The number of aliphatic hydroxyl groups is 1. The zero-order chi connectivity index (χ0) is 15.6. The number of alkyl halides is 2. The molecule has 0 bridgehead atoms. The average molecular weight is 302 g/mol. The molecular weight excluding hydrogens is 286 g/mol. The van der Waals surface area contributed by atoms with Gasteiger partial charge in [0, 0.05) is 17.8 Å². The largest absolute Gasteiger partial charge is 0.427 e. The van der Waals surface area contributed by atoms with Gasteiger partial charge in [0.1, 0.15) is 0 Å². The van der Waals surface area contributed by atoms with Crippen molar-refractivity contribution in [2.45, 2.75) is 31.9 Å². The molecule has 21 heavy (non-hydrogen) atoms. The highest BCUT2D eigenvalue weighted by Gasteiger charge is 2.41. The third-order valence-electron chi connectivity index (χ3n) is 3.61. The third-order valence-corrected chi connectivity index (χ3v) is 3.61. The van der Waals surface area contributed by atoms with Gasteiger partial charge >= 0.3 is 12.3 Å². The summed E-state index contributed by atoms with van der Waals surface area (Å²) in [5.41, 5.74) is -0.726. The Morgan fingerprint density at radius 3 is 2.71 bits per heavy atom. The first kappa shape index (κ1) is 15.4. The van der Waals surface area contributed by atoms with Crippen molar-refractivity contribution < 1.29 is 23.5 Å². The van der Waals surface area contributed by atoms with Crippen molar-refractivity contribution in [2.24, 2.45) is 5.92 Å². The fourth-order valence-electron chi connectivity index (χ4n) is 2.25. The molecule has 0 saturated heterocycles. The lowest BCUT2D eigenvalue weighted by atomic mass is 9.96. The zero-order valence-corrected chi connectivity index (χ0v) is 11.4. The van der Waals surface area contributed by atoms with Crippen molar-refractivity contribution in [2.75, 3.05) is 11.9 Å². The normalized spacial score (nSPS) is 17.4. The Bertz CT molecular complexity index is 537. The van der Waals surface area contributed by atoms with Gasteiger partial charge in [-0.2, -0.15) is 8.78 Å². The van der Waals surface area contributed by atoms with Crippen LogP contribution < -0.4 is 10.1 Å². The van der Waals surface area contributed by atoms with Crippen LogP contribution in [0, 0.1) is 16.0 Å². The summed E-state index contributed by atoms with van der Waals surface area (Å²) >= 11 is 0. The van der Waals surface area contributed by atoms with Crippen LogP contribution in [-0.4, -0.2) is 28.8 Å². The molecular formula is C13H16F2N2O4. The standard InChI is InChI=1S/C13H16F2N2O4/c1-13(7-18,8-2-3-8)16-9-4-5-10(17(19)20)11(6-9)21-12(14)15/h4-6,8,12,16,18H,2-3,7H2,1H3. The summed E-state index contributed by atoms with van der Waals surface area (Å²) in [6.07, 6.45) is 1.94. The summed E-state index contributed by atoms with van der Waals surface area (Å²) in [7, 11) is 0. The fourth-order valence-corrected chi connectivity index (χ4v) is 2.25. The molecule has 2 rings (SSSR count). The summed E-state index contributed by atoms with van der Waals surface area (Å²) in [5, 5.41) is 23.3. The minimum atomic E-state index is -3.15. The van der Waals surface area contributed by atoms with Crippen LogP contribution in [0.2, 0.25) is 0 Å². The van der Waals surface area contributed by atoms with Crippen molar-refractivity contribution in [3.05, 3.63) is 28.3 Å². The maximum absolute atomic E-state index is 12.3. The van der Waals surface area contributed by atoms with Crippen LogP contribution in [0.4, 0.5) is 20.2 Å². The second-order valence-corrected chi connectivity index (χ2v) is 5.29. The van der Waals surface area contributed by atoms with Gasteiger partial charge in [0.2, 0.25) is 5.75 Å². The minimum Gasteiger partial charge on any atom is -0.427 e. The first-order chi connectivity index (χ1) is 9.85. The van der Waals surface area contributed by atoms with E-state index in [1.54, 1.807) is 0 Å². The molecule has 1 aliphatic rings. The number of anilines is 1. The smallest absolute Gasteiger partial charge is 0.387 e. The van der Waals surface area contributed by atoms with E-state index in [9.17, 15) is 24.0 Å². The summed E-state index contributed by atoms with van der Waals surface area (Å²) in [6.45, 7) is -1.45. The highest BCUT2D eigenvalue weighted by Crippen LogP contribution is 2.42. The van der Waals surface area contributed by atoms with E-state index >= 15 is 0 Å². The number of ether oxygens (including phenoxy) is 1. The average Bonchev–Trinajstić information content (AvgIpc) is 3.22. The number of hydrogen-bond donors (Lipinski definition) is 2. The monoisotopic (exact) mass is 302 g/mol. The molecule has 0 aliphatic heterocycles. The van der Waals surface area contributed by atoms with Crippen LogP contribution >= 0.6 is 0 Å². The van der Waals surface area contributed by atoms with E-state index in [-0.39, 0.29) is 12.5 Å². The number of nitrogens with zero attached hydrogens (tertiary/aromatic N) is 1. The van der Waals surface area contributed by atoms with E-state index in [1.807, 2.05) is 6.92 Å². The maximum atomic E-state index is 12.3. The quantitative estimate of drug-likeness (QED) is 0.597. The first-order valence-electron chi connectivity index (χ1n) is 6.48. The van der Waals surface area contributed by atoms with Crippen LogP contribution in [0.25, 0.3) is 0 Å². The molecule has 1 aliphatic carbocycles. The highest BCUT2D eigenvalue weighted by molar-refractivity contribution is 5.59. The third kappa shape index (κ3) is 3.57. The summed E-state index contributed by atoms with van der Waals surface area (Å²) in [5.74, 6) is -0.215. The number of halogens is 2. The number of benzene rings is 1. The predicted octanol–water partition coefficient (Wildman–Crippen LogP) is 2.77. The second kappa shape index (κ2) is 5.80. The van der Waals surface area contributed by atoms with Crippen molar-refractivity contribution in [3.63, 3.8) is 0 Å². The lowest BCUT2D eigenvalue weighted by Crippen LogP contribution is -2.41. The van der Waals surface area contributed by atoms with E-state index < -0.39 is 28.5 Å². The van der Waals surface area contributed by atoms with Gasteiger partial charge in [0.05, 0.1) is 17.1 Å². The maximum Gasteiger partial charge on any atom is 0.387 e. The Hall–Kier alpha value is -1.96. The van der Waals surface area contributed by atoms with E-state index in [4.69, 9.17) is 0 Å².